The van der Waals surface area contributed by atoms with Crippen LogP contribution in [0.5, 0.6) is 0 Å². The summed E-state index contributed by atoms with van der Waals surface area (Å²) in [4.78, 5) is 27.5. The minimum absolute atomic E-state index is 0.0107. The van der Waals surface area contributed by atoms with E-state index in [-0.39, 0.29) is 17.7 Å². The zero-order valence-corrected chi connectivity index (χ0v) is 13.9. The Hall–Kier alpha value is -2.14. The predicted molar refractivity (Wildman–Crippen MR) is 92.5 cm³/mol. The van der Waals surface area contributed by atoms with Gasteiger partial charge in [0.25, 0.3) is 5.91 Å². The van der Waals surface area contributed by atoms with E-state index in [1.165, 1.54) is 4.88 Å². The SMILES string of the molecule is CCN(Cc1cccs1)C(=O)c1cccc(NC(=O)C2CC2)c1. The molecule has 0 atom stereocenters. The Bertz CT molecular complexity index is 693. The molecule has 1 saturated carbocycles. The molecule has 2 aromatic rings. The quantitative estimate of drug-likeness (QED) is 0.878. The van der Waals surface area contributed by atoms with Crippen molar-refractivity contribution in [1.82, 2.24) is 4.90 Å². The van der Waals surface area contributed by atoms with Gasteiger partial charge >= 0.3 is 0 Å². The van der Waals surface area contributed by atoms with E-state index in [2.05, 4.69) is 5.32 Å². The van der Waals surface area contributed by atoms with Crippen LogP contribution in [0.1, 0.15) is 35.0 Å². The molecule has 0 radical (unpaired) electrons. The highest BCUT2D eigenvalue weighted by molar-refractivity contribution is 7.09. The summed E-state index contributed by atoms with van der Waals surface area (Å²) in [5, 5.41) is 4.91. The Kier molecular flexibility index (Phi) is 4.76. The number of hydrogen-bond donors (Lipinski definition) is 1. The minimum Gasteiger partial charge on any atom is -0.334 e. The number of anilines is 1. The fourth-order valence-electron chi connectivity index (χ4n) is 2.42. The maximum absolute atomic E-state index is 12.7. The fraction of sp³-hybridized carbons (Fsp3) is 0.333. The smallest absolute Gasteiger partial charge is 0.254 e. The molecule has 0 saturated heterocycles. The second-order valence-corrected chi connectivity index (χ2v) is 6.78. The van der Waals surface area contributed by atoms with Crippen molar-refractivity contribution in [2.24, 2.45) is 5.92 Å². The van der Waals surface area contributed by atoms with Crippen molar-refractivity contribution in [3.05, 3.63) is 52.2 Å². The molecule has 1 heterocycles. The van der Waals surface area contributed by atoms with Crippen LogP contribution < -0.4 is 5.32 Å². The normalized spacial score (nSPS) is 13.6. The highest BCUT2D eigenvalue weighted by atomic mass is 32.1. The van der Waals surface area contributed by atoms with Crippen LogP contribution in [-0.2, 0) is 11.3 Å². The monoisotopic (exact) mass is 328 g/mol. The molecule has 120 valence electrons. The summed E-state index contributed by atoms with van der Waals surface area (Å²) in [6.07, 6.45) is 1.93. The van der Waals surface area contributed by atoms with E-state index in [4.69, 9.17) is 0 Å². The number of benzene rings is 1. The molecule has 3 rings (SSSR count). The standard InChI is InChI=1S/C18H20N2O2S/c1-2-20(12-16-7-4-10-23-16)18(22)14-5-3-6-15(11-14)19-17(21)13-8-9-13/h3-7,10-11,13H,2,8-9,12H2,1H3,(H,19,21). The number of thiophene rings is 1. The van der Waals surface area contributed by atoms with E-state index in [0.29, 0.717) is 24.3 Å². The number of rotatable bonds is 6. The van der Waals surface area contributed by atoms with Gasteiger partial charge in [-0.2, -0.15) is 0 Å². The van der Waals surface area contributed by atoms with Gasteiger partial charge in [-0.25, -0.2) is 0 Å². The summed E-state index contributed by atoms with van der Waals surface area (Å²) in [6.45, 7) is 3.24. The van der Waals surface area contributed by atoms with Gasteiger partial charge in [0.15, 0.2) is 0 Å². The maximum atomic E-state index is 12.7. The van der Waals surface area contributed by atoms with Gasteiger partial charge < -0.3 is 10.2 Å². The highest BCUT2D eigenvalue weighted by Gasteiger charge is 2.29. The molecule has 1 N–H and O–H groups in total. The van der Waals surface area contributed by atoms with Crippen LogP contribution in [0.2, 0.25) is 0 Å². The maximum Gasteiger partial charge on any atom is 0.254 e. The summed E-state index contributed by atoms with van der Waals surface area (Å²) in [5.41, 5.74) is 1.30. The third-order valence-electron chi connectivity index (χ3n) is 3.92. The molecule has 1 aromatic heterocycles. The van der Waals surface area contributed by atoms with Gasteiger partial charge in [-0.1, -0.05) is 12.1 Å². The summed E-state index contributed by atoms with van der Waals surface area (Å²) in [6, 6.07) is 11.2. The number of nitrogens with zero attached hydrogens (tertiary/aromatic N) is 1. The third-order valence-corrected chi connectivity index (χ3v) is 4.78. The lowest BCUT2D eigenvalue weighted by Gasteiger charge is -2.20. The molecule has 0 bridgehead atoms. The summed E-state index contributed by atoms with van der Waals surface area (Å²) in [5.74, 6) is 0.198. The molecule has 0 spiro atoms. The Labute approximate surface area is 140 Å². The molecule has 4 nitrogen and oxygen atoms in total. The molecule has 1 aliphatic carbocycles. The molecule has 23 heavy (non-hydrogen) atoms. The molecule has 1 aromatic carbocycles. The number of carbonyl (C=O) groups excluding carboxylic acids is 2. The van der Waals surface area contributed by atoms with E-state index in [1.807, 2.05) is 41.5 Å². The molecule has 1 aliphatic rings. The lowest BCUT2D eigenvalue weighted by Crippen LogP contribution is -2.30. The number of hydrogen-bond acceptors (Lipinski definition) is 3. The molecule has 0 unspecified atom stereocenters. The highest BCUT2D eigenvalue weighted by Crippen LogP contribution is 2.30. The van der Waals surface area contributed by atoms with Crippen LogP contribution in [0, 0.1) is 5.92 Å². The fourth-order valence-corrected chi connectivity index (χ4v) is 3.14. The topological polar surface area (TPSA) is 49.4 Å². The van der Waals surface area contributed by atoms with Gasteiger partial charge in [0.2, 0.25) is 5.91 Å². The van der Waals surface area contributed by atoms with Crippen molar-refractivity contribution < 1.29 is 9.59 Å². The summed E-state index contributed by atoms with van der Waals surface area (Å²) >= 11 is 1.65. The Morgan fingerprint density at radius 2 is 2.09 bits per heavy atom. The van der Waals surface area contributed by atoms with E-state index in [9.17, 15) is 9.59 Å². The average Bonchev–Trinajstić information content (AvgIpc) is 3.30. The molecule has 0 aliphatic heterocycles. The molecule has 1 fully saturated rings. The second kappa shape index (κ2) is 6.96. The van der Waals surface area contributed by atoms with Crippen molar-refractivity contribution in [2.75, 3.05) is 11.9 Å². The molecular weight excluding hydrogens is 308 g/mol. The lowest BCUT2D eigenvalue weighted by molar-refractivity contribution is -0.117. The van der Waals surface area contributed by atoms with E-state index < -0.39 is 0 Å². The van der Waals surface area contributed by atoms with Crippen molar-refractivity contribution in [2.45, 2.75) is 26.3 Å². The molecular formula is C18H20N2O2S. The van der Waals surface area contributed by atoms with Crippen molar-refractivity contribution >= 4 is 28.8 Å². The van der Waals surface area contributed by atoms with Crippen LogP contribution in [0.3, 0.4) is 0 Å². The van der Waals surface area contributed by atoms with Gasteiger partial charge in [0.1, 0.15) is 0 Å². The second-order valence-electron chi connectivity index (χ2n) is 5.74. The first kappa shape index (κ1) is 15.7. The third kappa shape index (κ3) is 3.99. The van der Waals surface area contributed by atoms with Crippen molar-refractivity contribution in [1.29, 1.82) is 0 Å². The average molecular weight is 328 g/mol. The zero-order valence-electron chi connectivity index (χ0n) is 13.1. The van der Waals surface area contributed by atoms with Gasteiger partial charge in [-0.15, -0.1) is 11.3 Å². The number of amides is 2. The van der Waals surface area contributed by atoms with E-state index in [0.717, 1.165) is 12.8 Å². The van der Waals surface area contributed by atoms with Crippen molar-refractivity contribution in [3.8, 4) is 0 Å². The number of nitrogens with one attached hydrogen (secondary N) is 1. The van der Waals surface area contributed by atoms with Gasteiger partial charge in [0, 0.05) is 28.6 Å². The Morgan fingerprint density at radius 1 is 1.26 bits per heavy atom. The summed E-state index contributed by atoms with van der Waals surface area (Å²) in [7, 11) is 0. The van der Waals surface area contributed by atoms with Gasteiger partial charge in [-0.3, -0.25) is 9.59 Å². The number of carbonyl (C=O) groups is 2. The first-order valence-electron chi connectivity index (χ1n) is 7.90. The largest absolute Gasteiger partial charge is 0.334 e. The van der Waals surface area contributed by atoms with Crippen LogP contribution in [0.15, 0.2) is 41.8 Å². The van der Waals surface area contributed by atoms with Crippen molar-refractivity contribution in [3.63, 3.8) is 0 Å². The summed E-state index contributed by atoms with van der Waals surface area (Å²) < 4.78 is 0. The van der Waals surface area contributed by atoms with Crippen LogP contribution >= 0.6 is 11.3 Å². The first-order valence-corrected chi connectivity index (χ1v) is 8.78. The first-order chi connectivity index (χ1) is 11.2. The zero-order chi connectivity index (χ0) is 16.2. The van der Waals surface area contributed by atoms with Gasteiger partial charge in [-0.05, 0) is 49.4 Å². The molecule has 2 amide bonds. The van der Waals surface area contributed by atoms with Crippen LogP contribution in [0.4, 0.5) is 5.69 Å². The van der Waals surface area contributed by atoms with E-state index in [1.54, 1.807) is 23.5 Å². The molecule has 5 heteroatoms. The van der Waals surface area contributed by atoms with Crippen LogP contribution in [0.25, 0.3) is 0 Å². The predicted octanol–water partition coefficient (Wildman–Crippen LogP) is 3.76. The Morgan fingerprint density at radius 3 is 2.74 bits per heavy atom. The Balaban J connectivity index is 1.71. The van der Waals surface area contributed by atoms with Gasteiger partial charge in [0.05, 0.1) is 6.54 Å². The van der Waals surface area contributed by atoms with Crippen LogP contribution in [-0.4, -0.2) is 23.3 Å². The van der Waals surface area contributed by atoms with E-state index >= 15 is 0 Å². The minimum atomic E-state index is -0.0107. The lowest BCUT2D eigenvalue weighted by atomic mass is 10.1.